The van der Waals surface area contributed by atoms with Gasteiger partial charge in [-0.15, -0.1) is 0 Å². The molecule has 0 unspecified atom stereocenters. The van der Waals surface area contributed by atoms with Gasteiger partial charge < -0.3 is 25.9 Å². The number of amides is 4. The molecule has 0 rings (SSSR count). The Balaban J connectivity index is 3.79. The van der Waals surface area contributed by atoms with Crippen LogP contribution in [-0.4, -0.2) is 73.2 Å². The van der Waals surface area contributed by atoms with Crippen molar-refractivity contribution in [2.24, 2.45) is 11.7 Å². The summed E-state index contributed by atoms with van der Waals surface area (Å²) < 4.78 is 5.45. The Morgan fingerprint density at radius 3 is 1.73 bits per heavy atom. The summed E-state index contributed by atoms with van der Waals surface area (Å²) in [6.45, 7) is 8.41. The van der Waals surface area contributed by atoms with Crippen molar-refractivity contribution in [3.05, 3.63) is 12.2 Å². The molecule has 254 valence electrons. The van der Waals surface area contributed by atoms with Crippen molar-refractivity contribution in [2.45, 2.75) is 143 Å². The lowest BCUT2D eigenvalue weighted by atomic mass is 10.0. The van der Waals surface area contributed by atoms with E-state index in [9.17, 15) is 24.0 Å². The molecule has 0 aliphatic rings. The van der Waals surface area contributed by atoms with Crippen molar-refractivity contribution < 1.29 is 28.7 Å². The molecule has 0 bridgehead atoms. The van der Waals surface area contributed by atoms with Gasteiger partial charge in [0.2, 0.25) is 23.6 Å². The van der Waals surface area contributed by atoms with Crippen molar-refractivity contribution in [2.75, 3.05) is 26.3 Å². The zero-order valence-electron chi connectivity index (χ0n) is 28.1. The SMILES string of the molecule is CCCCCCCC/C=C\CCCCCCCC(=O)NCCOCCNC(=O)CCC(=O)N(C(=O)[C@H](C)N)[C@H](C=O)C(C)C. The van der Waals surface area contributed by atoms with E-state index in [0.717, 1.165) is 30.6 Å². The second kappa shape index (κ2) is 27.9. The van der Waals surface area contributed by atoms with Gasteiger partial charge in [0.15, 0.2) is 0 Å². The van der Waals surface area contributed by atoms with Crippen molar-refractivity contribution >= 4 is 29.9 Å². The quantitative estimate of drug-likeness (QED) is 0.0633. The van der Waals surface area contributed by atoms with Crippen LogP contribution in [-0.2, 0) is 28.7 Å². The van der Waals surface area contributed by atoms with E-state index in [1.165, 1.54) is 64.7 Å². The highest BCUT2D eigenvalue weighted by Crippen LogP contribution is 2.13. The Hall–Kier alpha value is -2.59. The van der Waals surface area contributed by atoms with Gasteiger partial charge in [-0.25, -0.2) is 0 Å². The van der Waals surface area contributed by atoms with E-state index in [1.54, 1.807) is 13.8 Å². The van der Waals surface area contributed by atoms with Gasteiger partial charge in [-0.05, 0) is 44.9 Å². The highest BCUT2D eigenvalue weighted by molar-refractivity contribution is 6.00. The molecule has 10 nitrogen and oxygen atoms in total. The Morgan fingerprint density at radius 2 is 1.23 bits per heavy atom. The number of carbonyl (C=O) groups is 5. The Morgan fingerprint density at radius 1 is 0.727 bits per heavy atom. The van der Waals surface area contributed by atoms with E-state index in [4.69, 9.17) is 10.5 Å². The lowest BCUT2D eigenvalue weighted by Crippen LogP contribution is -2.53. The molecule has 0 radical (unpaired) electrons. The van der Waals surface area contributed by atoms with E-state index in [2.05, 4.69) is 29.7 Å². The maximum Gasteiger partial charge on any atom is 0.246 e. The van der Waals surface area contributed by atoms with E-state index >= 15 is 0 Å². The fourth-order valence-electron chi connectivity index (χ4n) is 4.67. The molecule has 0 saturated carbocycles. The maximum atomic E-state index is 12.7. The number of nitrogens with zero attached hydrogens (tertiary/aromatic N) is 1. The number of hydrogen-bond donors (Lipinski definition) is 3. The van der Waals surface area contributed by atoms with Crippen LogP contribution in [0.1, 0.15) is 130 Å². The van der Waals surface area contributed by atoms with Crippen molar-refractivity contribution in [1.82, 2.24) is 15.5 Å². The fraction of sp³-hybridized carbons (Fsp3) is 0.794. The summed E-state index contributed by atoms with van der Waals surface area (Å²) in [5.41, 5.74) is 5.65. The number of nitrogens with two attached hydrogens (primary N) is 1. The third kappa shape index (κ3) is 22.0. The van der Waals surface area contributed by atoms with E-state index < -0.39 is 23.9 Å². The maximum absolute atomic E-state index is 12.7. The van der Waals surface area contributed by atoms with Gasteiger partial charge in [0.25, 0.3) is 0 Å². The summed E-state index contributed by atoms with van der Waals surface area (Å²) in [5, 5.41) is 5.51. The van der Waals surface area contributed by atoms with E-state index in [0.29, 0.717) is 25.9 Å². The van der Waals surface area contributed by atoms with Crippen LogP contribution in [0.3, 0.4) is 0 Å². The lowest BCUT2D eigenvalue weighted by molar-refractivity contribution is -0.152. The zero-order valence-corrected chi connectivity index (χ0v) is 28.1. The molecular formula is C34H62N4O6. The van der Waals surface area contributed by atoms with Crippen LogP contribution in [0.15, 0.2) is 12.2 Å². The number of ether oxygens (including phenoxy) is 1. The van der Waals surface area contributed by atoms with Gasteiger partial charge >= 0.3 is 0 Å². The summed E-state index contributed by atoms with van der Waals surface area (Å²) in [6.07, 6.45) is 21.3. The lowest BCUT2D eigenvalue weighted by Gasteiger charge is -2.30. The fourth-order valence-corrected chi connectivity index (χ4v) is 4.67. The predicted octanol–water partition coefficient (Wildman–Crippen LogP) is 4.98. The number of rotatable bonds is 28. The van der Waals surface area contributed by atoms with Gasteiger partial charge in [0.1, 0.15) is 6.29 Å². The third-order valence-corrected chi connectivity index (χ3v) is 7.38. The number of hydrogen-bond acceptors (Lipinski definition) is 7. The standard InChI is InChI=1S/C34H62N4O6/c1-5-6-7-8-9-10-11-12-13-14-15-16-17-18-19-20-31(40)36-23-25-44-26-24-37-32(41)21-22-33(42)38(34(43)29(4)35)30(27-39)28(2)3/h12-13,27-30H,5-11,14-26,35H2,1-4H3,(H,36,40)(H,37,41)/b13-12-/t29-,30+/m0/s1. The second-order valence-corrected chi connectivity index (χ2v) is 11.9. The van der Waals surface area contributed by atoms with Crippen LogP contribution >= 0.6 is 0 Å². The third-order valence-electron chi connectivity index (χ3n) is 7.38. The molecule has 4 N–H and O–H groups in total. The molecular weight excluding hydrogens is 560 g/mol. The first-order valence-electron chi connectivity index (χ1n) is 17.0. The highest BCUT2D eigenvalue weighted by atomic mass is 16.5. The number of aldehydes is 1. The van der Waals surface area contributed by atoms with Crippen LogP contribution in [0.5, 0.6) is 0 Å². The Labute approximate surface area is 266 Å². The van der Waals surface area contributed by atoms with Crippen molar-refractivity contribution in [1.29, 1.82) is 0 Å². The molecule has 0 aromatic rings. The first-order chi connectivity index (χ1) is 21.1. The molecule has 0 aliphatic heterocycles. The summed E-state index contributed by atoms with van der Waals surface area (Å²) in [7, 11) is 0. The minimum Gasteiger partial charge on any atom is -0.378 e. The number of allylic oxidation sites excluding steroid dienone is 2. The predicted molar refractivity (Wildman–Crippen MR) is 176 cm³/mol. The normalized spacial score (nSPS) is 12.7. The second-order valence-electron chi connectivity index (χ2n) is 11.9. The molecule has 10 heteroatoms. The highest BCUT2D eigenvalue weighted by Gasteiger charge is 2.33. The number of carbonyl (C=O) groups excluding carboxylic acids is 5. The molecule has 44 heavy (non-hydrogen) atoms. The number of unbranched alkanes of at least 4 members (excludes halogenated alkanes) is 11. The van der Waals surface area contributed by atoms with E-state index in [1.807, 2.05) is 0 Å². The van der Waals surface area contributed by atoms with Crippen LogP contribution in [0, 0.1) is 5.92 Å². The molecule has 0 saturated heterocycles. The molecule has 0 aromatic carbocycles. The summed E-state index contributed by atoms with van der Waals surface area (Å²) >= 11 is 0. The first-order valence-corrected chi connectivity index (χ1v) is 17.0. The first kappa shape index (κ1) is 41.4. The molecule has 0 fully saturated rings. The van der Waals surface area contributed by atoms with Crippen molar-refractivity contribution in [3.63, 3.8) is 0 Å². The Bertz CT molecular complexity index is 831. The minimum atomic E-state index is -0.942. The molecule has 0 heterocycles. The average Bonchev–Trinajstić information content (AvgIpc) is 2.99. The molecule has 0 spiro atoms. The summed E-state index contributed by atoms with van der Waals surface area (Å²) in [6, 6.07) is -1.87. The largest absolute Gasteiger partial charge is 0.378 e. The van der Waals surface area contributed by atoms with Gasteiger partial charge in [0, 0.05) is 32.4 Å². The number of imide groups is 1. The van der Waals surface area contributed by atoms with Crippen LogP contribution in [0.4, 0.5) is 0 Å². The monoisotopic (exact) mass is 622 g/mol. The molecule has 0 aromatic heterocycles. The smallest absolute Gasteiger partial charge is 0.246 e. The molecule has 2 atom stereocenters. The summed E-state index contributed by atoms with van der Waals surface area (Å²) in [5.74, 6) is -1.87. The van der Waals surface area contributed by atoms with Crippen molar-refractivity contribution in [3.8, 4) is 0 Å². The number of nitrogens with one attached hydrogen (secondary N) is 2. The van der Waals surface area contributed by atoms with Crippen LogP contribution in [0.2, 0.25) is 0 Å². The van der Waals surface area contributed by atoms with Gasteiger partial charge in [-0.2, -0.15) is 0 Å². The van der Waals surface area contributed by atoms with Crippen LogP contribution < -0.4 is 16.4 Å². The van der Waals surface area contributed by atoms with Gasteiger partial charge in [0.05, 0.1) is 25.3 Å². The van der Waals surface area contributed by atoms with E-state index in [-0.39, 0.29) is 43.7 Å². The molecule has 4 amide bonds. The van der Waals surface area contributed by atoms with Gasteiger partial charge in [-0.1, -0.05) is 84.3 Å². The zero-order chi connectivity index (χ0) is 33.0. The summed E-state index contributed by atoms with van der Waals surface area (Å²) in [4.78, 5) is 61.6. The molecule has 0 aliphatic carbocycles. The van der Waals surface area contributed by atoms with Crippen LogP contribution in [0.25, 0.3) is 0 Å². The van der Waals surface area contributed by atoms with Gasteiger partial charge in [-0.3, -0.25) is 24.1 Å². The Kier molecular flexibility index (Phi) is 26.3. The average molecular weight is 623 g/mol. The topological polar surface area (TPSA) is 148 Å². The minimum absolute atomic E-state index is 0.0232.